The minimum atomic E-state index is -0.533. The number of nitrogens with zero attached hydrogens (tertiary/aromatic N) is 8. The lowest BCUT2D eigenvalue weighted by Crippen LogP contribution is -2.42. The van der Waals surface area contributed by atoms with E-state index in [1.807, 2.05) is 44.6 Å². The normalized spacial score (nSPS) is 16.8. The van der Waals surface area contributed by atoms with Gasteiger partial charge in [0, 0.05) is 30.3 Å². The van der Waals surface area contributed by atoms with Crippen molar-refractivity contribution in [3.05, 3.63) is 59.6 Å². The van der Waals surface area contributed by atoms with Crippen molar-refractivity contribution in [2.75, 3.05) is 19.7 Å². The first-order chi connectivity index (χ1) is 20.1. The quantitative estimate of drug-likeness (QED) is 0.317. The van der Waals surface area contributed by atoms with Gasteiger partial charge < -0.3 is 14.4 Å². The van der Waals surface area contributed by atoms with Crippen molar-refractivity contribution in [1.82, 2.24) is 34.5 Å². The highest BCUT2D eigenvalue weighted by Crippen LogP contribution is 2.48. The molecule has 1 amide bonds. The second kappa shape index (κ2) is 10.4. The highest BCUT2D eigenvalue weighted by molar-refractivity contribution is 5.75. The van der Waals surface area contributed by atoms with Crippen LogP contribution in [0.3, 0.4) is 0 Å². The summed E-state index contributed by atoms with van der Waals surface area (Å²) in [6.45, 7) is 9.06. The first kappa shape index (κ1) is 27.6. The Morgan fingerprint density at radius 3 is 2.62 bits per heavy atom. The van der Waals surface area contributed by atoms with Crippen molar-refractivity contribution in [2.45, 2.75) is 70.4 Å². The summed E-state index contributed by atoms with van der Waals surface area (Å²) < 4.78 is 28.9. The molecule has 4 aromatic heterocycles. The Morgan fingerprint density at radius 2 is 1.98 bits per heavy atom. The summed E-state index contributed by atoms with van der Waals surface area (Å²) in [6, 6.07) is 7.29. The molecule has 5 heterocycles. The second-order valence-electron chi connectivity index (χ2n) is 12.2. The molecule has 0 unspecified atom stereocenters. The molecule has 1 saturated carbocycles. The van der Waals surface area contributed by atoms with Crippen LogP contribution in [0.2, 0.25) is 0 Å². The van der Waals surface area contributed by atoms with E-state index in [1.165, 1.54) is 18.5 Å². The summed E-state index contributed by atoms with van der Waals surface area (Å²) in [7, 11) is 0. The number of amides is 1. The predicted molar refractivity (Wildman–Crippen MR) is 150 cm³/mol. The Hall–Kier alpha value is -4.53. The number of carbonyl (C=O) groups excluding carboxylic acids is 1. The Morgan fingerprint density at radius 1 is 1.21 bits per heavy atom. The van der Waals surface area contributed by atoms with Crippen LogP contribution in [0, 0.1) is 24.1 Å². The Bertz CT molecular complexity index is 1670. The fraction of sp³-hybridized carbons (Fsp3) is 0.467. The van der Waals surface area contributed by atoms with Gasteiger partial charge in [-0.15, -0.1) is 5.10 Å². The molecule has 42 heavy (non-hydrogen) atoms. The first-order valence-corrected chi connectivity index (χ1v) is 14.1. The fourth-order valence-corrected chi connectivity index (χ4v) is 5.51. The van der Waals surface area contributed by atoms with Gasteiger partial charge in [0.05, 0.1) is 36.4 Å². The minimum absolute atomic E-state index is 0.0946. The van der Waals surface area contributed by atoms with Crippen LogP contribution < -0.4 is 4.74 Å². The van der Waals surface area contributed by atoms with Crippen molar-refractivity contribution >= 4 is 11.6 Å². The molecule has 2 fully saturated rings. The van der Waals surface area contributed by atoms with Gasteiger partial charge in [0.25, 0.3) is 0 Å². The highest BCUT2D eigenvalue weighted by atomic mass is 19.1. The van der Waals surface area contributed by atoms with E-state index in [9.17, 15) is 14.4 Å². The van der Waals surface area contributed by atoms with Gasteiger partial charge >= 0.3 is 6.09 Å². The number of nitriles is 1. The third-order valence-corrected chi connectivity index (χ3v) is 7.99. The van der Waals surface area contributed by atoms with Crippen LogP contribution in [0.15, 0.2) is 36.8 Å². The Labute approximate surface area is 242 Å². The van der Waals surface area contributed by atoms with Crippen molar-refractivity contribution in [1.29, 1.82) is 5.26 Å². The maximum absolute atomic E-state index is 13.5. The van der Waals surface area contributed by atoms with Gasteiger partial charge in [-0.3, -0.25) is 4.98 Å². The van der Waals surface area contributed by atoms with Crippen molar-refractivity contribution in [3.63, 3.8) is 0 Å². The fourth-order valence-electron chi connectivity index (χ4n) is 5.51. The molecule has 6 rings (SSSR count). The number of hydrogen-bond donors (Lipinski definition) is 0. The van der Waals surface area contributed by atoms with E-state index in [0.29, 0.717) is 42.2 Å². The topological polar surface area (TPSA) is 123 Å². The molecule has 12 heteroatoms. The summed E-state index contributed by atoms with van der Waals surface area (Å²) in [5.74, 6) is 0.134. The number of carbonyl (C=O) groups is 1. The van der Waals surface area contributed by atoms with Crippen LogP contribution in [-0.2, 0) is 10.2 Å². The molecule has 0 radical (unpaired) electrons. The van der Waals surface area contributed by atoms with Gasteiger partial charge in [-0.2, -0.15) is 10.4 Å². The maximum Gasteiger partial charge on any atom is 0.410 e. The molecular weight excluding hydrogens is 539 g/mol. The largest absolute Gasteiger partial charge is 0.490 e. The van der Waals surface area contributed by atoms with E-state index in [-0.39, 0.29) is 23.4 Å². The SMILES string of the molecule is Cc1c(-c2cc(OCC3(c4ccc(F)cn4)CC3)c3c(C#N)cnn3c2)nnn1C1CCN(C(=O)OC(C)(C)C)CC1. The lowest BCUT2D eigenvalue weighted by atomic mass is 10.0. The van der Waals surface area contributed by atoms with Gasteiger partial charge in [0.2, 0.25) is 0 Å². The van der Waals surface area contributed by atoms with E-state index in [0.717, 1.165) is 42.6 Å². The number of hydrogen-bond acceptors (Lipinski definition) is 8. The van der Waals surface area contributed by atoms with Crippen LogP contribution in [0.1, 0.15) is 69.4 Å². The van der Waals surface area contributed by atoms with E-state index in [1.54, 1.807) is 15.5 Å². The molecular formula is C30H33FN8O3. The standard InChI is InChI=1S/C30H33FN8O3/c1-19-26(35-36-39(19)23-7-11-37(12-8-23)28(40)42-29(2,3)4)20-13-24(27-21(14-32)15-34-38(27)17-20)41-18-30(9-10-30)25-6-5-22(31)16-33-25/h5-6,13,15-17,23H,7-12,18H2,1-4H3. The number of likely N-dealkylation sites (tertiary alicyclic amines) is 1. The van der Waals surface area contributed by atoms with Crippen LogP contribution in [0.4, 0.5) is 9.18 Å². The van der Waals surface area contributed by atoms with E-state index in [4.69, 9.17) is 9.47 Å². The lowest BCUT2D eigenvalue weighted by molar-refractivity contribution is 0.0183. The molecule has 1 aliphatic carbocycles. The molecule has 2 aliphatic rings. The zero-order valence-corrected chi connectivity index (χ0v) is 24.2. The molecule has 218 valence electrons. The average Bonchev–Trinajstić information content (AvgIpc) is 3.48. The number of piperidine rings is 1. The Balaban J connectivity index is 1.24. The first-order valence-electron chi connectivity index (χ1n) is 14.1. The lowest BCUT2D eigenvalue weighted by Gasteiger charge is -2.33. The zero-order chi connectivity index (χ0) is 29.6. The minimum Gasteiger partial charge on any atom is -0.490 e. The van der Waals surface area contributed by atoms with Crippen molar-refractivity contribution in [2.24, 2.45) is 0 Å². The zero-order valence-electron chi connectivity index (χ0n) is 24.2. The number of fused-ring (bicyclic) bond motifs is 1. The van der Waals surface area contributed by atoms with E-state index in [2.05, 4.69) is 26.5 Å². The van der Waals surface area contributed by atoms with E-state index < -0.39 is 5.60 Å². The van der Waals surface area contributed by atoms with Crippen LogP contribution in [0.25, 0.3) is 16.8 Å². The van der Waals surface area contributed by atoms with E-state index >= 15 is 0 Å². The molecule has 1 aliphatic heterocycles. The van der Waals surface area contributed by atoms with Crippen molar-refractivity contribution in [3.8, 4) is 23.1 Å². The summed E-state index contributed by atoms with van der Waals surface area (Å²) in [5, 5.41) is 23.1. The Kier molecular flexibility index (Phi) is 6.83. The van der Waals surface area contributed by atoms with Gasteiger partial charge in [-0.25, -0.2) is 18.4 Å². The molecule has 1 saturated heterocycles. The van der Waals surface area contributed by atoms with Crippen LogP contribution in [0.5, 0.6) is 5.75 Å². The summed E-state index contributed by atoms with van der Waals surface area (Å²) in [5.41, 5.74) is 3.27. The third-order valence-electron chi connectivity index (χ3n) is 7.99. The van der Waals surface area contributed by atoms with Crippen LogP contribution in [-0.4, -0.2) is 65.9 Å². The molecule has 4 aromatic rings. The third kappa shape index (κ3) is 5.26. The molecule has 11 nitrogen and oxygen atoms in total. The van der Waals surface area contributed by atoms with Gasteiger partial charge in [-0.1, -0.05) is 5.21 Å². The molecule has 0 N–H and O–H groups in total. The highest BCUT2D eigenvalue weighted by Gasteiger charge is 2.46. The summed E-state index contributed by atoms with van der Waals surface area (Å²) in [6.07, 6.45) is 7.51. The number of ether oxygens (including phenoxy) is 2. The molecule has 0 spiro atoms. The van der Waals surface area contributed by atoms with Gasteiger partial charge in [0.1, 0.15) is 40.0 Å². The number of rotatable bonds is 6. The van der Waals surface area contributed by atoms with Gasteiger partial charge in [-0.05, 0) is 71.6 Å². The second-order valence-corrected chi connectivity index (χ2v) is 12.2. The van der Waals surface area contributed by atoms with Crippen molar-refractivity contribution < 1.29 is 18.7 Å². The predicted octanol–water partition coefficient (Wildman–Crippen LogP) is 4.99. The summed E-state index contributed by atoms with van der Waals surface area (Å²) in [4.78, 5) is 18.5. The maximum atomic E-state index is 13.5. The van der Waals surface area contributed by atoms with Gasteiger partial charge in [0.15, 0.2) is 0 Å². The smallest absolute Gasteiger partial charge is 0.410 e. The number of pyridine rings is 2. The molecule has 0 bridgehead atoms. The molecule has 0 aromatic carbocycles. The number of halogens is 1. The monoisotopic (exact) mass is 572 g/mol. The number of aromatic nitrogens is 6. The summed E-state index contributed by atoms with van der Waals surface area (Å²) >= 11 is 0. The average molecular weight is 573 g/mol. The van der Waals surface area contributed by atoms with Crippen LogP contribution >= 0.6 is 0 Å². The molecule has 0 atom stereocenters.